The summed E-state index contributed by atoms with van der Waals surface area (Å²) in [6, 6.07) is 10.2. The number of halogens is 4. The summed E-state index contributed by atoms with van der Waals surface area (Å²) in [7, 11) is 0. The molecule has 2 aromatic carbocycles. The third-order valence-corrected chi connectivity index (χ3v) is 5.40. The zero-order valence-electron chi connectivity index (χ0n) is 14.5. The van der Waals surface area contributed by atoms with Crippen molar-refractivity contribution in [1.29, 1.82) is 0 Å². The normalized spacial score (nSPS) is 10.9. The third kappa shape index (κ3) is 4.41. The van der Waals surface area contributed by atoms with E-state index in [-0.39, 0.29) is 5.91 Å². The van der Waals surface area contributed by atoms with Gasteiger partial charge in [-0.2, -0.15) is 5.10 Å². The van der Waals surface area contributed by atoms with Gasteiger partial charge in [0, 0.05) is 5.02 Å². The highest BCUT2D eigenvalue weighted by Gasteiger charge is 2.17. The maximum Gasteiger partial charge on any atom is 0.257 e. The van der Waals surface area contributed by atoms with Crippen LogP contribution < -0.4 is 5.32 Å². The maximum absolute atomic E-state index is 12.6. The first-order valence-corrected chi connectivity index (χ1v) is 9.51. The zero-order chi connectivity index (χ0) is 19.7. The Labute approximate surface area is 177 Å². The predicted octanol–water partition coefficient (Wildman–Crippen LogP) is 6.41. The van der Waals surface area contributed by atoms with Crippen molar-refractivity contribution in [2.45, 2.75) is 20.4 Å². The van der Waals surface area contributed by atoms with Gasteiger partial charge in [-0.1, -0.05) is 52.5 Å². The van der Waals surface area contributed by atoms with Crippen molar-refractivity contribution in [2.75, 3.05) is 5.32 Å². The van der Waals surface area contributed by atoms with Crippen LogP contribution in [0.5, 0.6) is 0 Å². The molecule has 0 aliphatic carbocycles. The van der Waals surface area contributed by atoms with E-state index in [0.717, 1.165) is 11.3 Å². The van der Waals surface area contributed by atoms with Crippen LogP contribution in [-0.2, 0) is 6.54 Å². The standard InChI is InChI=1S/C19H15Cl4N3O/c1-10-18(24-19(27)14-5-4-13(20)8-16(14)22)11(2)26(25-10)9-12-3-6-15(21)17(23)7-12/h3-8H,9H2,1-2H3,(H,24,27). The van der Waals surface area contributed by atoms with E-state index in [9.17, 15) is 4.79 Å². The van der Waals surface area contributed by atoms with Gasteiger partial charge in [0.05, 0.1) is 44.3 Å². The zero-order valence-corrected chi connectivity index (χ0v) is 17.5. The van der Waals surface area contributed by atoms with E-state index >= 15 is 0 Å². The van der Waals surface area contributed by atoms with Crippen LogP contribution in [-0.4, -0.2) is 15.7 Å². The Morgan fingerprint density at radius 1 is 1.00 bits per heavy atom. The molecular weight excluding hydrogens is 428 g/mol. The average Bonchev–Trinajstić information content (AvgIpc) is 2.85. The van der Waals surface area contributed by atoms with E-state index in [1.165, 1.54) is 6.07 Å². The van der Waals surface area contributed by atoms with E-state index in [0.29, 0.717) is 43.6 Å². The molecule has 0 unspecified atom stereocenters. The molecule has 3 rings (SSSR count). The Bertz CT molecular complexity index is 1030. The molecule has 0 radical (unpaired) electrons. The second-order valence-corrected chi connectivity index (χ2v) is 7.69. The molecule has 1 amide bonds. The lowest BCUT2D eigenvalue weighted by Gasteiger charge is -2.09. The van der Waals surface area contributed by atoms with E-state index in [1.54, 1.807) is 28.9 Å². The number of benzene rings is 2. The number of aryl methyl sites for hydroxylation is 1. The van der Waals surface area contributed by atoms with Crippen molar-refractivity contribution >= 4 is 58.0 Å². The summed E-state index contributed by atoms with van der Waals surface area (Å²) in [5.41, 5.74) is 3.46. The summed E-state index contributed by atoms with van der Waals surface area (Å²) >= 11 is 24.0. The van der Waals surface area contributed by atoms with Gasteiger partial charge in [-0.3, -0.25) is 9.48 Å². The molecular formula is C19H15Cl4N3O. The van der Waals surface area contributed by atoms with Crippen LogP contribution in [0.1, 0.15) is 27.3 Å². The van der Waals surface area contributed by atoms with Gasteiger partial charge in [-0.15, -0.1) is 0 Å². The molecule has 27 heavy (non-hydrogen) atoms. The molecule has 0 spiro atoms. The lowest BCUT2D eigenvalue weighted by atomic mass is 10.2. The van der Waals surface area contributed by atoms with Crippen molar-refractivity contribution in [3.05, 3.63) is 79.0 Å². The molecule has 0 saturated carbocycles. The largest absolute Gasteiger partial charge is 0.319 e. The van der Waals surface area contributed by atoms with Crippen LogP contribution in [0.25, 0.3) is 0 Å². The first-order valence-electron chi connectivity index (χ1n) is 8.00. The number of anilines is 1. The fraction of sp³-hybridized carbons (Fsp3) is 0.158. The summed E-state index contributed by atoms with van der Waals surface area (Å²) in [6.45, 7) is 4.22. The fourth-order valence-corrected chi connectivity index (χ4v) is 3.51. The van der Waals surface area contributed by atoms with Gasteiger partial charge in [0.25, 0.3) is 5.91 Å². The molecule has 1 aromatic heterocycles. The van der Waals surface area contributed by atoms with Crippen LogP contribution in [0.15, 0.2) is 36.4 Å². The second-order valence-electron chi connectivity index (χ2n) is 6.03. The number of nitrogens with one attached hydrogen (secondary N) is 1. The Morgan fingerprint density at radius 3 is 2.41 bits per heavy atom. The third-order valence-electron chi connectivity index (χ3n) is 4.11. The minimum atomic E-state index is -0.322. The first-order chi connectivity index (χ1) is 12.8. The number of hydrogen-bond donors (Lipinski definition) is 1. The summed E-state index contributed by atoms with van der Waals surface area (Å²) in [6.07, 6.45) is 0. The molecule has 0 saturated heterocycles. The Hall–Kier alpha value is -1.72. The monoisotopic (exact) mass is 441 g/mol. The summed E-state index contributed by atoms with van der Waals surface area (Å²) < 4.78 is 1.80. The number of rotatable bonds is 4. The van der Waals surface area contributed by atoms with Crippen molar-refractivity contribution in [3.8, 4) is 0 Å². The highest BCUT2D eigenvalue weighted by atomic mass is 35.5. The van der Waals surface area contributed by atoms with Crippen molar-refractivity contribution in [3.63, 3.8) is 0 Å². The SMILES string of the molecule is Cc1nn(Cc2ccc(Cl)c(Cl)c2)c(C)c1NC(=O)c1ccc(Cl)cc1Cl. The van der Waals surface area contributed by atoms with Gasteiger partial charge < -0.3 is 5.32 Å². The first kappa shape index (κ1) is 20.0. The Kier molecular flexibility index (Phi) is 6.02. The minimum absolute atomic E-state index is 0.290. The molecule has 1 heterocycles. The van der Waals surface area contributed by atoms with Crippen molar-refractivity contribution < 1.29 is 4.79 Å². The number of hydrogen-bond acceptors (Lipinski definition) is 2. The van der Waals surface area contributed by atoms with Gasteiger partial charge in [-0.25, -0.2) is 0 Å². The highest BCUT2D eigenvalue weighted by molar-refractivity contribution is 6.42. The summed E-state index contributed by atoms with van der Waals surface area (Å²) in [5.74, 6) is -0.322. The van der Waals surface area contributed by atoms with E-state index in [4.69, 9.17) is 46.4 Å². The molecule has 4 nitrogen and oxygen atoms in total. The quantitative estimate of drug-likeness (QED) is 0.507. The van der Waals surface area contributed by atoms with Crippen LogP contribution in [0.3, 0.4) is 0 Å². The number of carbonyl (C=O) groups excluding carboxylic acids is 1. The van der Waals surface area contributed by atoms with Crippen LogP contribution in [0.4, 0.5) is 5.69 Å². The average molecular weight is 443 g/mol. The number of amides is 1. The van der Waals surface area contributed by atoms with Gasteiger partial charge in [0.2, 0.25) is 0 Å². The number of carbonyl (C=O) groups is 1. The molecule has 0 fully saturated rings. The summed E-state index contributed by atoms with van der Waals surface area (Å²) in [4.78, 5) is 12.6. The van der Waals surface area contributed by atoms with Gasteiger partial charge >= 0.3 is 0 Å². The van der Waals surface area contributed by atoms with E-state index < -0.39 is 0 Å². The van der Waals surface area contributed by atoms with Crippen LogP contribution in [0.2, 0.25) is 20.1 Å². The van der Waals surface area contributed by atoms with Crippen molar-refractivity contribution in [2.24, 2.45) is 0 Å². The Morgan fingerprint density at radius 2 is 1.74 bits per heavy atom. The molecule has 0 bridgehead atoms. The van der Waals surface area contributed by atoms with Gasteiger partial charge in [0.15, 0.2) is 0 Å². The predicted molar refractivity (Wildman–Crippen MR) is 112 cm³/mol. The van der Waals surface area contributed by atoms with E-state index in [2.05, 4.69) is 10.4 Å². The molecule has 140 valence electrons. The lowest BCUT2D eigenvalue weighted by molar-refractivity contribution is 0.102. The lowest BCUT2D eigenvalue weighted by Crippen LogP contribution is -2.14. The molecule has 0 aliphatic heterocycles. The number of nitrogens with zero attached hydrogens (tertiary/aromatic N) is 2. The molecule has 1 N–H and O–H groups in total. The van der Waals surface area contributed by atoms with Crippen LogP contribution >= 0.6 is 46.4 Å². The fourth-order valence-electron chi connectivity index (χ4n) is 2.70. The van der Waals surface area contributed by atoms with Crippen molar-refractivity contribution in [1.82, 2.24) is 9.78 Å². The molecule has 8 heteroatoms. The molecule has 3 aromatic rings. The molecule has 0 aliphatic rings. The smallest absolute Gasteiger partial charge is 0.257 e. The second kappa shape index (κ2) is 8.11. The summed E-state index contributed by atoms with van der Waals surface area (Å²) in [5, 5.41) is 9.15. The van der Waals surface area contributed by atoms with Gasteiger partial charge in [0.1, 0.15) is 0 Å². The Balaban J connectivity index is 1.85. The topological polar surface area (TPSA) is 46.9 Å². The van der Waals surface area contributed by atoms with Gasteiger partial charge in [-0.05, 0) is 49.7 Å². The minimum Gasteiger partial charge on any atom is -0.319 e. The highest BCUT2D eigenvalue weighted by Crippen LogP contribution is 2.26. The number of aromatic nitrogens is 2. The molecule has 0 atom stereocenters. The maximum atomic E-state index is 12.6. The van der Waals surface area contributed by atoms with Crippen LogP contribution in [0, 0.1) is 13.8 Å². The van der Waals surface area contributed by atoms with E-state index in [1.807, 2.05) is 19.9 Å².